The van der Waals surface area contributed by atoms with E-state index in [9.17, 15) is 9.59 Å². The van der Waals surface area contributed by atoms with Gasteiger partial charge in [0.1, 0.15) is 6.61 Å². The Morgan fingerprint density at radius 2 is 0.703 bits per heavy atom. The van der Waals surface area contributed by atoms with Gasteiger partial charge in [-0.1, -0.05) is 223 Å². The van der Waals surface area contributed by atoms with Crippen LogP contribution in [0.5, 0.6) is 0 Å². The van der Waals surface area contributed by atoms with E-state index in [1.54, 1.807) is 0 Å². The zero-order valence-corrected chi connectivity index (χ0v) is 42.8. The third kappa shape index (κ3) is 52.2. The van der Waals surface area contributed by atoms with Crippen molar-refractivity contribution in [3.63, 3.8) is 0 Å². The Hall–Kier alpha value is -2.40. The monoisotopic (exact) mass is 895 g/mol. The van der Waals surface area contributed by atoms with Gasteiger partial charge < -0.3 is 14.2 Å². The largest absolute Gasteiger partial charge is 0.462 e. The number of unbranched alkanes of at least 4 members (excludes halogenated alkanes) is 30. The summed E-state index contributed by atoms with van der Waals surface area (Å²) in [6, 6.07) is 0. The van der Waals surface area contributed by atoms with Gasteiger partial charge in [-0.15, -0.1) is 0 Å². The predicted molar refractivity (Wildman–Crippen MR) is 279 cm³/mol. The van der Waals surface area contributed by atoms with Gasteiger partial charge in [0.2, 0.25) is 0 Å². The molecule has 372 valence electrons. The molecule has 0 aliphatic carbocycles. The average Bonchev–Trinajstić information content (AvgIpc) is 3.30. The smallest absolute Gasteiger partial charge is 0.306 e. The van der Waals surface area contributed by atoms with E-state index in [-0.39, 0.29) is 25.2 Å². The van der Waals surface area contributed by atoms with Gasteiger partial charge in [0.05, 0.1) is 6.61 Å². The number of rotatable bonds is 51. The van der Waals surface area contributed by atoms with E-state index in [0.29, 0.717) is 19.4 Å². The van der Waals surface area contributed by atoms with E-state index in [1.807, 2.05) is 0 Å². The number of esters is 2. The molecule has 0 N–H and O–H groups in total. The molecule has 0 rings (SSSR count). The molecule has 64 heavy (non-hydrogen) atoms. The molecule has 0 aliphatic heterocycles. The van der Waals surface area contributed by atoms with Crippen LogP contribution in [0.1, 0.15) is 278 Å². The molecule has 5 heteroatoms. The van der Waals surface area contributed by atoms with Crippen LogP contribution in [0.4, 0.5) is 0 Å². The van der Waals surface area contributed by atoms with Gasteiger partial charge in [-0.2, -0.15) is 0 Å². The van der Waals surface area contributed by atoms with Crippen LogP contribution >= 0.6 is 0 Å². The van der Waals surface area contributed by atoms with Crippen LogP contribution in [0.2, 0.25) is 0 Å². The highest BCUT2D eigenvalue weighted by Gasteiger charge is 2.17. The van der Waals surface area contributed by atoms with Crippen LogP contribution in [0.15, 0.2) is 60.8 Å². The second-order valence-corrected chi connectivity index (χ2v) is 18.4. The summed E-state index contributed by atoms with van der Waals surface area (Å²) >= 11 is 0. The van der Waals surface area contributed by atoms with Crippen LogP contribution in [0.3, 0.4) is 0 Å². The Morgan fingerprint density at radius 3 is 1.16 bits per heavy atom. The van der Waals surface area contributed by atoms with Crippen molar-refractivity contribution in [2.24, 2.45) is 0 Å². The first-order valence-corrected chi connectivity index (χ1v) is 27.8. The normalized spacial score (nSPS) is 12.6. The van der Waals surface area contributed by atoms with Crippen molar-refractivity contribution in [2.45, 2.75) is 284 Å². The number of ether oxygens (including phenoxy) is 3. The summed E-state index contributed by atoms with van der Waals surface area (Å²) < 4.78 is 17.4. The molecule has 0 saturated heterocycles. The van der Waals surface area contributed by atoms with Crippen molar-refractivity contribution in [2.75, 3.05) is 19.8 Å². The van der Waals surface area contributed by atoms with Gasteiger partial charge in [-0.05, 0) is 103 Å². The van der Waals surface area contributed by atoms with E-state index >= 15 is 0 Å². The number of hydrogen-bond acceptors (Lipinski definition) is 5. The lowest BCUT2D eigenvalue weighted by molar-refractivity contribution is -0.163. The fourth-order valence-electron chi connectivity index (χ4n) is 7.87. The summed E-state index contributed by atoms with van der Waals surface area (Å²) in [5.41, 5.74) is 0. The average molecular weight is 895 g/mol. The maximum atomic E-state index is 12.8. The molecule has 1 unspecified atom stereocenters. The van der Waals surface area contributed by atoms with Crippen molar-refractivity contribution in [3.8, 4) is 0 Å². The van der Waals surface area contributed by atoms with Crippen LogP contribution in [-0.2, 0) is 23.8 Å². The molecule has 0 fully saturated rings. The molecule has 1 atom stereocenters. The van der Waals surface area contributed by atoms with Crippen molar-refractivity contribution in [1.82, 2.24) is 0 Å². The molecular formula is C59H106O5. The van der Waals surface area contributed by atoms with Crippen molar-refractivity contribution in [1.29, 1.82) is 0 Å². The minimum atomic E-state index is -0.555. The van der Waals surface area contributed by atoms with Crippen LogP contribution < -0.4 is 0 Å². The molecule has 0 radical (unpaired) electrons. The van der Waals surface area contributed by atoms with Crippen LogP contribution in [0.25, 0.3) is 0 Å². The Morgan fingerprint density at radius 1 is 0.359 bits per heavy atom. The quantitative estimate of drug-likeness (QED) is 0.0346. The molecule has 0 aromatic carbocycles. The van der Waals surface area contributed by atoms with E-state index in [4.69, 9.17) is 14.2 Å². The molecule has 0 heterocycles. The minimum absolute atomic E-state index is 0.0692. The van der Waals surface area contributed by atoms with Gasteiger partial charge in [-0.3, -0.25) is 9.59 Å². The highest BCUT2D eigenvalue weighted by molar-refractivity contribution is 5.70. The topological polar surface area (TPSA) is 61.8 Å². The first-order valence-electron chi connectivity index (χ1n) is 27.8. The van der Waals surface area contributed by atoms with E-state index < -0.39 is 6.10 Å². The Kier molecular flexibility index (Phi) is 52.9. The molecule has 0 spiro atoms. The molecular weight excluding hydrogens is 789 g/mol. The lowest BCUT2D eigenvalue weighted by atomic mass is 10.1. The van der Waals surface area contributed by atoms with Crippen molar-refractivity contribution < 1.29 is 23.8 Å². The molecule has 0 aliphatic rings. The predicted octanol–water partition coefficient (Wildman–Crippen LogP) is 18.9. The second-order valence-electron chi connectivity index (χ2n) is 18.4. The third-order valence-electron chi connectivity index (χ3n) is 12.0. The Bertz CT molecular complexity index is 1100. The summed E-state index contributed by atoms with van der Waals surface area (Å²) in [6.07, 6.45) is 69.6. The van der Waals surface area contributed by atoms with E-state index in [1.165, 1.54) is 161 Å². The Labute approximate surface area is 398 Å². The molecule has 0 amide bonds. The van der Waals surface area contributed by atoms with E-state index in [2.05, 4.69) is 81.5 Å². The van der Waals surface area contributed by atoms with Gasteiger partial charge in [-0.25, -0.2) is 0 Å². The molecule has 0 bridgehead atoms. The number of hydrogen-bond donors (Lipinski definition) is 0. The molecule has 5 nitrogen and oxygen atoms in total. The fourth-order valence-corrected chi connectivity index (χ4v) is 7.87. The van der Waals surface area contributed by atoms with Gasteiger partial charge in [0.15, 0.2) is 6.10 Å². The highest BCUT2D eigenvalue weighted by atomic mass is 16.6. The van der Waals surface area contributed by atoms with Crippen molar-refractivity contribution >= 4 is 11.9 Å². The lowest BCUT2D eigenvalue weighted by Crippen LogP contribution is -2.30. The van der Waals surface area contributed by atoms with Gasteiger partial charge >= 0.3 is 11.9 Å². The third-order valence-corrected chi connectivity index (χ3v) is 12.0. The molecule has 0 aromatic rings. The summed E-state index contributed by atoms with van der Waals surface area (Å²) in [7, 11) is 0. The molecule has 0 aromatic heterocycles. The standard InChI is InChI=1S/C59H106O5/c1-4-7-10-13-16-19-22-25-27-28-29-30-31-33-36-39-42-45-48-51-54-62-55-57(64-59(61)53-50-47-44-41-38-34-24-21-18-15-12-9-6-3)56-63-58(60)52-49-46-43-40-37-35-32-26-23-20-17-14-11-8-5-2/h9,12,18,21,25-27,32,34,38,57H,4-8,10-11,13-17,19-20,22-24,28-31,33,35-37,39-56H2,1-3H3/b12-9-,21-18-,27-25-,32-26-,38-34-. The maximum absolute atomic E-state index is 12.8. The van der Waals surface area contributed by atoms with Crippen LogP contribution in [-0.4, -0.2) is 37.9 Å². The Balaban J connectivity index is 4.26. The number of carbonyl (C=O) groups is 2. The second kappa shape index (κ2) is 54.9. The van der Waals surface area contributed by atoms with Crippen LogP contribution in [0, 0.1) is 0 Å². The lowest BCUT2D eigenvalue weighted by Gasteiger charge is -2.18. The summed E-state index contributed by atoms with van der Waals surface area (Å²) in [5.74, 6) is -0.433. The van der Waals surface area contributed by atoms with Gasteiger partial charge in [0, 0.05) is 19.4 Å². The fraction of sp³-hybridized carbons (Fsp3) is 0.797. The zero-order valence-electron chi connectivity index (χ0n) is 42.8. The first-order chi connectivity index (χ1) is 31.6. The zero-order chi connectivity index (χ0) is 46.3. The summed E-state index contributed by atoms with van der Waals surface area (Å²) in [5, 5.41) is 0. The first kappa shape index (κ1) is 61.6. The van der Waals surface area contributed by atoms with Crippen molar-refractivity contribution in [3.05, 3.63) is 60.8 Å². The highest BCUT2D eigenvalue weighted by Crippen LogP contribution is 2.15. The molecule has 0 saturated carbocycles. The minimum Gasteiger partial charge on any atom is -0.462 e. The maximum Gasteiger partial charge on any atom is 0.306 e. The summed E-state index contributed by atoms with van der Waals surface area (Å²) in [6.45, 7) is 7.69. The van der Waals surface area contributed by atoms with E-state index in [0.717, 1.165) is 83.5 Å². The number of carbonyl (C=O) groups excluding carboxylic acids is 2. The number of allylic oxidation sites excluding steroid dienone is 10. The summed E-state index contributed by atoms with van der Waals surface area (Å²) in [4.78, 5) is 25.4. The SMILES string of the molecule is CC/C=C\C/C=C\C/C=C\CCCCCC(=O)OC(COCCCCCCCCCCCC/C=C\CCCCCCCC)COC(=O)CCCCCCC/C=C\CCCCCCCC. The van der Waals surface area contributed by atoms with Gasteiger partial charge in [0.25, 0.3) is 0 Å².